The second-order valence-electron chi connectivity index (χ2n) is 8.82. The third-order valence-electron chi connectivity index (χ3n) is 6.15. The van der Waals surface area contributed by atoms with E-state index in [-0.39, 0.29) is 35.0 Å². The number of amides is 1. The zero-order valence-electron chi connectivity index (χ0n) is 20.6. The van der Waals surface area contributed by atoms with Gasteiger partial charge in [-0.1, -0.05) is 0 Å². The Balaban J connectivity index is 1.66. The molecule has 38 heavy (non-hydrogen) atoms. The van der Waals surface area contributed by atoms with E-state index >= 15 is 0 Å². The van der Waals surface area contributed by atoms with E-state index in [9.17, 15) is 31.1 Å². The lowest BCUT2D eigenvalue weighted by Gasteiger charge is -2.43. The molecule has 4 rings (SSSR count). The smallest absolute Gasteiger partial charge is 0.366 e. The molecule has 1 N–H and O–H groups in total. The van der Waals surface area contributed by atoms with Gasteiger partial charge in [0.25, 0.3) is 5.91 Å². The lowest BCUT2D eigenvalue weighted by molar-refractivity contribution is -0.298. The van der Waals surface area contributed by atoms with Crippen LogP contribution in [0.25, 0.3) is 11.3 Å². The van der Waals surface area contributed by atoms with Gasteiger partial charge >= 0.3 is 12.3 Å². The van der Waals surface area contributed by atoms with E-state index in [2.05, 4.69) is 25.4 Å². The van der Waals surface area contributed by atoms with E-state index < -0.39 is 48.4 Å². The summed E-state index contributed by atoms with van der Waals surface area (Å²) in [7, 11) is 1.56. The van der Waals surface area contributed by atoms with Crippen LogP contribution < -0.4 is 5.32 Å². The van der Waals surface area contributed by atoms with E-state index in [0.717, 1.165) is 17.2 Å². The van der Waals surface area contributed by atoms with Gasteiger partial charge in [0.05, 0.1) is 41.5 Å². The Morgan fingerprint density at radius 3 is 2.53 bits per heavy atom. The van der Waals surface area contributed by atoms with Gasteiger partial charge in [-0.2, -0.15) is 27.1 Å². The van der Waals surface area contributed by atoms with Crippen LogP contribution in [0.4, 0.5) is 32.2 Å². The molecule has 204 valence electrons. The summed E-state index contributed by atoms with van der Waals surface area (Å²) in [6, 6.07) is 1.49. The zero-order chi connectivity index (χ0) is 28.0. The van der Waals surface area contributed by atoms with Crippen molar-refractivity contribution in [2.75, 3.05) is 18.4 Å². The standard InChI is InChI=1S/C23H23F6N7O2/c1-11-20(32-9-17(33-11)23(27,28)29)31-8-16-13(3)38-22(25,26)10-36(16)21(37)19-18(12(2)35(4)34-19)15-6-5-14(24)7-30-15/h5-7,9,13,16H,8,10H2,1-4H3,(H,31,32)/t13-,16+/m0/s1. The second kappa shape index (κ2) is 9.85. The number of nitrogens with one attached hydrogen (secondary N) is 1. The minimum absolute atomic E-state index is 0.0141. The monoisotopic (exact) mass is 543 g/mol. The summed E-state index contributed by atoms with van der Waals surface area (Å²) in [5.74, 6) is -1.47. The minimum Gasteiger partial charge on any atom is -0.366 e. The van der Waals surface area contributed by atoms with Crippen LogP contribution in [-0.4, -0.2) is 66.9 Å². The zero-order valence-corrected chi connectivity index (χ0v) is 20.6. The number of carbonyl (C=O) groups is 1. The Morgan fingerprint density at radius 2 is 1.92 bits per heavy atom. The summed E-state index contributed by atoms with van der Waals surface area (Å²) in [4.78, 5) is 25.8. The number of rotatable bonds is 5. The number of alkyl halides is 5. The molecule has 0 saturated carbocycles. The highest BCUT2D eigenvalue weighted by Gasteiger charge is 2.48. The van der Waals surface area contributed by atoms with Gasteiger partial charge in [-0.05, 0) is 32.9 Å². The molecule has 0 bridgehead atoms. The molecule has 9 nitrogen and oxygen atoms in total. The van der Waals surface area contributed by atoms with Crippen LogP contribution in [0.2, 0.25) is 0 Å². The van der Waals surface area contributed by atoms with Crippen LogP contribution >= 0.6 is 0 Å². The van der Waals surface area contributed by atoms with Crippen LogP contribution in [0.15, 0.2) is 24.5 Å². The fourth-order valence-electron chi connectivity index (χ4n) is 4.17. The predicted molar refractivity (Wildman–Crippen MR) is 122 cm³/mol. The molecule has 0 aromatic carbocycles. The summed E-state index contributed by atoms with van der Waals surface area (Å²) < 4.78 is 87.3. The first kappa shape index (κ1) is 27.3. The molecule has 15 heteroatoms. The van der Waals surface area contributed by atoms with Crippen molar-refractivity contribution in [3.8, 4) is 11.3 Å². The van der Waals surface area contributed by atoms with Gasteiger partial charge in [-0.3, -0.25) is 14.5 Å². The van der Waals surface area contributed by atoms with Crippen molar-refractivity contribution in [3.05, 3.63) is 53.1 Å². The van der Waals surface area contributed by atoms with E-state index in [1.807, 2.05) is 0 Å². The van der Waals surface area contributed by atoms with Gasteiger partial charge < -0.3 is 15.0 Å². The highest BCUT2D eigenvalue weighted by atomic mass is 19.4. The molecule has 0 aliphatic carbocycles. The summed E-state index contributed by atoms with van der Waals surface area (Å²) >= 11 is 0. The first-order valence-electron chi connectivity index (χ1n) is 11.3. The molecule has 1 aliphatic heterocycles. The third kappa shape index (κ3) is 5.42. The second-order valence-corrected chi connectivity index (χ2v) is 8.82. The van der Waals surface area contributed by atoms with Crippen molar-refractivity contribution < 1.29 is 35.9 Å². The predicted octanol–water partition coefficient (Wildman–Crippen LogP) is 3.98. The van der Waals surface area contributed by atoms with Crippen molar-refractivity contribution in [1.29, 1.82) is 0 Å². The summed E-state index contributed by atoms with van der Waals surface area (Å²) in [6.45, 7) is 3.00. The van der Waals surface area contributed by atoms with Crippen molar-refractivity contribution in [3.63, 3.8) is 0 Å². The fraction of sp³-hybridized carbons (Fsp3) is 0.435. The molecule has 3 aromatic heterocycles. The quantitative estimate of drug-likeness (QED) is 0.486. The molecule has 0 unspecified atom stereocenters. The van der Waals surface area contributed by atoms with Crippen LogP contribution in [0.3, 0.4) is 0 Å². The van der Waals surface area contributed by atoms with Crippen molar-refractivity contribution in [2.45, 2.75) is 45.2 Å². The number of carbonyl (C=O) groups excluding carboxylic acids is 1. The summed E-state index contributed by atoms with van der Waals surface area (Å²) in [5, 5.41) is 7.00. The Morgan fingerprint density at radius 1 is 1.21 bits per heavy atom. The van der Waals surface area contributed by atoms with Crippen LogP contribution in [0.5, 0.6) is 0 Å². The van der Waals surface area contributed by atoms with E-state index in [4.69, 9.17) is 4.74 Å². The Kier molecular flexibility index (Phi) is 7.07. The van der Waals surface area contributed by atoms with Crippen molar-refractivity contribution in [2.24, 2.45) is 7.05 Å². The summed E-state index contributed by atoms with van der Waals surface area (Å²) in [5.41, 5.74) is -0.471. The Bertz CT molecular complexity index is 1340. The number of hydrogen-bond donors (Lipinski definition) is 1. The number of hydrogen-bond acceptors (Lipinski definition) is 7. The number of morpholine rings is 1. The Hall–Kier alpha value is -3.75. The Labute approximate surface area is 212 Å². The average Bonchev–Trinajstić information content (AvgIpc) is 3.12. The first-order valence-corrected chi connectivity index (χ1v) is 11.3. The third-order valence-corrected chi connectivity index (χ3v) is 6.15. The molecule has 3 aromatic rings. The van der Waals surface area contributed by atoms with Crippen LogP contribution in [-0.2, 0) is 18.0 Å². The SMILES string of the molecule is Cc1nc(C(F)(F)F)cnc1NC[C@@H]1[C@H](C)OC(F)(F)CN1C(=O)c1nn(C)c(C)c1-c1ccc(F)cn1. The van der Waals surface area contributed by atoms with Crippen LogP contribution in [0, 0.1) is 19.7 Å². The van der Waals surface area contributed by atoms with Crippen molar-refractivity contribution >= 4 is 11.7 Å². The molecule has 4 heterocycles. The van der Waals surface area contributed by atoms with Gasteiger partial charge in [0.15, 0.2) is 11.4 Å². The van der Waals surface area contributed by atoms with Gasteiger partial charge in [-0.15, -0.1) is 0 Å². The molecular formula is C23H23F6N7O2. The van der Waals surface area contributed by atoms with Crippen LogP contribution in [0.1, 0.15) is 34.5 Å². The number of nitrogens with zero attached hydrogens (tertiary/aromatic N) is 6. The molecule has 0 spiro atoms. The lowest BCUT2D eigenvalue weighted by Crippen LogP contribution is -2.61. The number of anilines is 1. The maximum Gasteiger partial charge on any atom is 0.434 e. The topological polar surface area (TPSA) is 98.1 Å². The van der Waals surface area contributed by atoms with Gasteiger partial charge in [0.1, 0.15) is 18.2 Å². The highest BCUT2D eigenvalue weighted by Crippen LogP contribution is 2.33. The molecule has 0 radical (unpaired) electrons. The van der Waals surface area contributed by atoms with E-state index in [1.54, 1.807) is 14.0 Å². The number of halogens is 6. The van der Waals surface area contributed by atoms with E-state index in [1.165, 1.54) is 24.6 Å². The van der Waals surface area contributed by atoms with Gasteiger partial charge in [-0.25, -0.2) is 14.4 Å². The van der Waals surface area contributed by atoms with Gasteiger partial charge in [0.2, 0.25) is 0 Å². The maximum atomic E-state index is 14.4. The molecule has 1 saturated heterocycles. The molecule has 2 atom stereocenters. The number of pyridine rings is 1. The minimum atomic E-state index is -4.69. The maximum absolute atomic E-state index is 14.4. The fourth-order valence-corrected chi connectivity index (χ4v) is 4.17. The average molecular weight is 543 g/mol. The summed E-state index contributed by atoms with van der Waals surface area (Å²) in [6.07, 6.45) is -8.04. The largest absolute Gasteiger partial charge is 0.434 e. The molecule has 1 fully saturated rings. The molecule has 1 amide bonds. The number of aryl methyl sites for hydroxylation is 2. The van der Waals surface area contributed by atoms with E-state index in [0.29, 0.717) is 11.9 Å². The van der Waals surface area contributed by atoms with Gasteiger partial charge in [0, 0.05) is 19.3 Å². The van der Waals surface area contributed by atoms with Crippen molar-refractivity contribution in [1.82, 2.24) is 29.6 Å². The number of aromatic nitrogens is 5. The first-order chi connectivity index (χ1) is 17.7. The normalized spacial score (nSPS) is 19.5. The number of ether oxygens (including phenoxy) is 1. The lowest BCUT2D eigenvalue weighted by atomic mass is 10.0. The molecular weight excluding hydrogens is 520 g/mol. The molecule has 1 aliphatic rings. The highest BCUT2D eigenvalue weighted by molar-refractivity contribution is 5.99.